The minimum absolute atomic E-state index is 0.169. The monoisotopic (exact) mass is 169 g/mol. The van der Waals surface area contributed by atoms with E-state index in [0.717, 1.165) is 17.9 Å². The van der Waals surface area contributed by atoms with Crippen LogP contribution >= 0.6 is 0 Å². The van der Waals surface area contributed by atoms with Crippen molar-refractivity contribution in [3.63, 3.8) is 0 Å². The zero-order valence-electron chi connectivity index (χ0n) is 7.74. The molecule has 4 nitrogen and oxygen atoms in total. The minimum atomic E-state index is 0.169. The van der Waals surface area contributed by atoms with Crippen molar-refractivity contribution in [2.24, 2.45) is 0 Å². The molecule has 1 aromatic rings. The second-order valence-corrected chi connectivity index (χ2v) is 2.91. The average Bonchev–Trinajstić information content (AvgIpc) is 2.36. The molecular weight excluding hydrogens is 154 g/mol. The molecule has 0 bridgehead atoms. The van der Waals surface area contributed by atoms with Gasteiger partial charge in [-0.05, 0) is 13.8 Å². The van der Waals surface area contributed by atoms with Crippen molar-refractivity contribution in [1.82, 2.24) is 9.78 Å². The SMILES string of the molecule is COC(C)Cn1ncc(N)c1C. The highest BCUT2D eigenvalue weighted by atomic mass is 16.5. The van der Waals surface area contributed by atoms with Crippen LogP contribution in [0.5, 0.6) is 0 Å². The van der Waals surface area contributed by atoms with Gasteiger partial charge in [-0.25, -0.2) is 0 Å². The summed E-state index contributed by atoms with van der Waals surface area (Å²) >= 11 is 0. The zero-order chi connectivity index (χ0) is 9.14. The first-order valence-corrected chi connectivity index (χ1v) is 3.95. The predicted molar refractivity (Wildman–Crippen MR) is 47.8 cm³/mol. The molecule has 0 fully saturated rings. The molecule has 68 valence electrons. The van der Waals surface area contributed by atoms with Crippen molar-refractivity contribution in [3.05, 3.63) is 11.9 Å². The van der Waals surface area contributed by atoms with E-state index in [1.807, 2.05) is 18.5 Å². The molecule has 0 aromatic carbocycles. The van der Waals surface area contributed by atoms with Crippen molar-refractivity contribution in [2.45, 2.75) is 26.5 Å². The lowest BCUT2D eigenvalue weighted by molar-refractivity contribution is 0.0992. The van der Waals surface area contributed by atoms with E-state index in [0.29, 0.717) is 0 Å². The highest BCUT2D eigenvalue weighted by Crippen LogP contribution is 2.09. The highest BCUT2D eigenvalue weighted by molar-refractivity contribution is 5.39. The summed E-state index contributed by atoms with van der Waals surface area (Å²) in [5.74, 6) is 0. The Bertz CT molecular complexity index is 257. The molecule has 0 aliphatic heterocycles. The fraction of sp³-hybridized carbons (Fsp3) is 0.625. The van der Waals surface area contributed by atoms with Crippen LogP contribution in [-0.4, -0.2) is 23.0 Å². The second-order valence-electron chi connectivity index (χ2n) is 2.91. The number of nitrogens with zero attached hydrogens (tertiary/aromatic N) is 2. The van der Waals surface area contributed by atoms with Gasteiger partial charge in [0, 0.05) is 7.11 Å². The number of methoxy groups -OCH3 is 1. The Labute approximate surface area is 72.3 Å². The Morgan fingerprint density at radius 2 is 2.42 bits per heavy atom. The van der Waals surface area contributed by atoms with Gasteiger partial charge in [0.1, 0.15) is 0 Å². The van der Waals surface area contributed by atoms with E-state index in [2.05, 4.69) is 5.10 Å². The van der Waals surface area contributed by atoms with E-state index < -0.39 is 0 Å². The van der Waals surface area contributed by atoms with E-state index in [-0.39, 0.29) is 6.10 Å². The molecule has 0 amide bonds. The number of rotatable bonds is 3. The molecule has 0 aliphatic rings. The van der Waals surface area contributed by atoms with E-state index in [1.165, 1.54) is 0 Å². The summed E-state index contributed by atoms with van der Waals surface area (Å²) in [6.07, 6.45) is 1.83. The third-order valence-electron chi connectivity index (χ3n) is 1.97. The van der Waals surface area contributed by atoms with Crippen molar-refractivity contribution in [3.8, 4) is 0 Å². The van der Waals surface area contributed by atoms with Crippen LogP contribution in [0.4, 0.5) is 5.69 Å². The Hall–Kier alpha value is -1.03. The summed E-state index contributed by atoms with van der Waals surface area (Å²) in [6, 6.07) is 0. The van der Waals surface area contributed by atoms with E-state index in [9.17, 15) is 0 Å². The van der Waals surface area contributed by atoms with Crippen molar-refractivity contribution < 1.29 is 4.74 Å². The fourth-order valence-electron chi connectivity index (χ4n) is 0.963. The molecule has 4 heteroatoms. The van der Waals surface area contributed by atoms with Crippen LogP contribution in [0.25, 0.3) is 0 Å². The minimum Gasteiger partial charge on any atom is -0.396 e. The first kappa shape index (κ1) is 9.06. The first-order valence-electron chi connectivity index (χ1n) is 3.95. The van der Waals surface area contributed by atoms with Gasteiger partial charge in [0.25, 0.3) is 0 Å². The van der Waals surface area contributed by atoms with Gasteiger partial charge in [0.05, 0.1) is 30.2 Å². The molecule has 1 heterocycles. The maximum atomic E-state index is 5.63. The molecule has 1 rings (SSSR count). The fourth-order valence-corrected chi connectivity index (χ4v) is 0.963. The van der Waals surface area contributed by atoms with Gasteiger partial charge in [-0.2, -0.15) is 5.10 Å². The molecule has 0 spiro atoms. The normalized spacial score (nSPS) is 13.2. The summed E-state index contributed by atoms with van der Waals surface area (Å²) in [4.78, 5) is 0. The number of hydrogen-bond acceptors (Lipinski definition) is 3. The zero-order valence-corrected chi connectivity index (χ0v) is 7.74. The third-order valence-corrected chi connectivity index (χ3v) is 1.97. The molecule has 1 unspecified atom stereocenters. The molecule has 0 saturated carbocycles. The number of hydrogen-bond donors (Lipinski definition) is 1. The first-order chi connectivity index (χ1) is 5.65. The topological polar surface area (TPSA) is 53.1 Å². The lowest BCUT2D eigenvalue weighted by Gasteiger charge is -2.10. The van der Waals surface area contributed by atoms with Gasteiger partial charge in [0.15, 0.2) is 0 Å². The van der Waals surface area contributed by atoms with Crippen LogP contribution in [0.1, 0.15) is 12.6 Å². The van der Waals surface area contributed by atoms with Gasteiger partial charge in [-0.3, -0.25) is 4.68 Å². The predicted octanol–water partition coefficient (Wildman–Crippen LogP) is 0.809. The van der Waals surface area contributed by atoms with Gasteiger partial charge in [0.2, 0.25) is 0 Å². The molecule has 12 heavy (non-hydrogen) atoms. The summed E-state index contributed by atoms with van der Waals surface area (Å²) in [7, 11) is 1.69. The summed E-state index contributed by atoms with van der Waals surface area (Å²) < 4.78 is 6.97. The Kier molecular flexibility index (Phi) is 2.70. The third kappa shape index (κ3) is 1.76. The maximum absolute atomic E-state index is 5.63. The molecule has 0 radical (unpaired) electrons. The van der Waals surface area contributed by atoms with E-state index in [4.69, 9.17) is 10.5 Å². The molecule has 1 atom stereocenters. The number of nitrogens with two attached hydrogens (primary N) is 1. The lowest BCUT2D eigenvalue weighted by atomic mass is 10.3. The highest BCUT2D eigenvalue weighted by Gasteiger charge is 2.06. The quantitative estimate of drug-likeness (QED) is 0.728. The van der Waals surface area contributed by atoms with Crippen LogP contribution in [0.2, 0.25) is 0 Å². The van der Waals surface area contributed by atoms with Crippen LogP contribution in [0.3, 0.4) is 0 Å². The number of ether oxygens (including phenoxy) is 1. The smallest absolute Gasteiger partial charge is 0.0739 e. The Morgan fingerprint density at radius 3 is 2.83 bits per heavy atom. The Balaban J connectivity index is 2.69. The number of aromatic nitrogens is 2. The van der Waals surface area contributed by atoms with Crippen LogP contribution < -0.4 is 5.73 Å². The second kappa shape index (κ2) is 3.58. The largest absolute Gasteiger partial charge is 0.396 e. The van der Waals surface area contributed by atoms with Gasteiger partial charge >= 0.3 is 0 Å². The van der Waals surface area contributed by atoms with Crippen molar-refractivity contribution in [1.29, 1.82) is 0 Å². The number of nitrogen functional groups attached to an aromatic ring is 1. The van der Waals surface area contributed by atoms with Crippen LogP contribution in [0, 0.1) is 6.92 Å². The lowest BCUT2D eigenvalue weighted by Crippen LogP contribution is -2.16. The van der Waals surface area contributed by atoms with E-state index in [1.54, 1.807) is 13.3 Å². The van der Waals surface area contributed by atoms with Crippen molar-refractivity contribution in [2.75, 3.05) is 12.8 Å². The van der Waals surface area contributed by atoms with Crippen LogP contribution in [0.15, 0.2) is 6.20 Å². The van der Waals surface area contributed by atoms with Gasteiger partial charge in [-0.15, -0.1) is 0 Å². The van der Waals surface area contributed by atoms with Crippen LogP contribution in [-0.2, 0) is 11.3 Å². The molecule has 2 N–H and O–H groups in total. The summed E-state index contributed by atoms with van der Waals surface area (Å²) in [5, 5.41) is 4.11. The molecule has 0 saturated heterocycles. The Morgan fingerprint density at radius 1 is 1.75 bits per heavy atom. The van der Waals surface area contributed by atoms with Gasteiger partial charge in [-0.1, -0.05) is 0 Å². The van der Waals surface area contributed by atoms with E-state index >= 15 is 0 Å². The molecular formula is C8H15N3O. The molecule has 0 aliphatic carbocycles. The molecule has 1 aromatic heterocycles. The summed E-state index contributed by atoms with van der Waals surface area (Å²) in [5.41, 5.74) is 7.37. The van der Waals surface area contributed by atoms with Crippen molar-refractivity contribution >= 4 is 5.69 Å². The average molecular weight is 169 g/mol. The standard InChI is InChI=1S/C8H15N3O/c1-6(12-3)5-11-7(2)8(9)4-10-11/h4,6H,5,9H2,1-3H3. The number of anilines is 1. The van der Waals surface area contributed by atoms with Gasteiger partial charge < -0.3 is 10.5 Å². The maximum Gasteiger partial charge on any atom is 0.0739 e. The summed E-state index contributed by atoms with van der Waals surface area (Å²) in [6.45, 7) is 4.70.